The Morgan fingerprint density at radius 3 is 2.71 bits per heavy atom. The Balaban J connectivity index is 1.43. The summed E-state index contributed by atoms with van der Waals surface area (Å²) in [6, 6.07) is 5.91. The molecule has 9 heteroatoms. The predicted molar refractivity (Wildman–Crippen MR) is 113 cm³/mol. The first-order valence-electron chi connectivity index (χ1n) is 9.40. The molecule has 0 atom stereocenters. The molecule has 7 nitrogen and oxygen atoms in total. The summed E-state index contributed by atoms with van der Waals surface area (Å²) in [5.74, 6) is -0.214. The number of benzene rings is 1. The van der Waals surface area contributed by atoms with Crippen LogP contribution in [0.15, 0.2) is 22.5 Å². The molecular weight excluding hydrogens is 394 g/mol. The first-order chi connectivity index (χ1) is 13.5. The van der Waals surface area contributed by atoms with Crippen LogP contribution in [0.4, 0.5) is 15.6 Å². The van der Waals surface area contributed by atoms with Crippen LogP contribution in [0.5, 0.6) is 0 Å². The number of hydrogen-bond acceptors (Lipinski definition) is 7. The average Bonchev–Trinajstić information content (AvgIpc) is 3.10. The quantitative estimate of drug-likeness (QED) is 0.609. The van der Waals surface area contributed by atoms with Gasteiger partial charge in [0.05, 0.1) is 5.75 Å². The number of thioether (sulfide) groups is 1. The van der Waals surface area contributed by atoms with Gasteiger partial charge in [0, 0.05) is 11.7 Å². The highest BCUT2D eigenvalue weighted by Crippen LogP contribution is 2.28. The van der Waals surface area contributed by atoms with E-state index in [9.17, 15) is 9.59 Å². The maximum Gasteiger partial charge on any atom is 0.321 e. The van der Waals surface area contributed by atoms with Crippen molar-refractivity contribution in [1.29, 1.82) is 0 Å². The van der Waals surface area contributed by atoms with Crippen LogP contribution in [-0.2, 0) is 4.79 Å². The Bertz CT molecular complexity index is 833. The van der Waals surface area contributed by atoms with Crippen molar-refractivity contribution in [3.05, 3.63) is 29.3 Å². The van der Waals surface area contributed by atoms with Crippen LogP contribution in [-0.4, -0.2) is 33.9 Å². The number of rotatable bonds is 6. The minimum Gasteiger partial charge on any atom is -0.335 e. The van der Waals surface area contributed by atoms with Crippen LogP contribution >= 0.6 is 23.1 Å². The molecule has 2 aromatic rings. The highest BCUT2D eigenvalue weighted by molar-refractivity contribution is 8.01. The number of carbonyl (C=O) groups is 2. The van der Waals surface area contributed by atoms with E-state index in [-0.39, 0.29) is 17.7 Å². The van der Waals surface area contributed by atoms with Crippen molar-refractivity contribution in [1.82, 2.24) is 20.8 Å². The number of anilines is 2. The lowest BCUT2D eigenvalue weighted by Crippen LogP contribution is -2.45. The van der Waals surface area contributed by atoms with Crippen LogP contribution in [0.3, 0.4) is 0 Å². The van der Waals surface area contributed by atoms with Gasteiger partial charge in [-0.05, 0) is 38.3 Å². The Morgan fingerprint density at radius 2 is 1.96 bits per heavy atom. The smallest absolute Gasteiger partial charge is 0.321 e. The van der Waals surface area contributed by atoms with Crippen molar-refractivity contribution in [3.63, 3.8) is 0 Å². The van der Waals surface area contributed by atoms with Gasteiger partial charge in [-0.1, -0.05) is 60.1 Å². The maximum absolute atomic E-state index is 12.0. The molecule has 0 aliphatic heterocycles. The van der Waals surface area contributed by atoms with Crippen LogP contribution < -0.4 is 16.0 Å². The van der Waals surface area contributed by atoms with Crippen LogP contribution in [0.1, 0.15) is 43.2 Å². The predicted octanol–water partition coefficient (Wildman–Crippen LogP) is 4.15. The highest BCUT2D eigenvalue weighted by atomic mass is 32.2. The van der Waals surface area contributed by atoms with Gasteiger partial charge in [0.25, 0.3) is 0 Å². The molecular formula is C19H25N5O2S2. The number of carbonyl (C=O) groups excluding carboxylic acids is 2. The van der Waals surface area contributed by atoms with E-state index in [1.165, 1.54) is 35.1 Å². The maximum atomic E-state index is 12.0. The number of aromatic nitrogens is 2. The summed E-state index contributed by atoms with van der Waals surface area (Å²) in [6.45, 7) is 4.09. The van der Waals surface area contributed by atoms with Crippen molar-refractivity contribution < 1.29 is 9.59 Å². The van der Waals surface area contributed by atoms with Gasteiger partial charge in [0.1, 0.15) is 0 Å². The number of imide groups is 1. The largest absolute Gasteiger partial charge is 0.335 e. The summed E-state index contributed by atoms with van der Waals surface area (Å²) in [7, 11) is 0. The van der Waals surface area contributed by atoms with E-state index in [1.807, 2.05) is 19.1 Å². The monoisotopic (exact) mass is 419 g/mol. The Morgan fingerprint density at radius 1 is 1.18 bits per heavy atom. The molecule has 0 spiro atoms. The van der Waals surface area contributed by atoms with Crippen molar-refractivity contribution in [3.8, 4) is 0 Å². The molecule has 1 heterocycles. The Labute approximate surface area is 173 Å². The SMILES string of the molecule is Cc1ccc(Nc2nnc(SCC(=O)NC(=O)NC3CCCCC3)s2)c(C)c1. The summed E-state index contributed by atoms with van der Waals surface area (Å²) in [5.41, 5.74) is 3.32. The third-order valence-corrected chi connectivity index (χ3v) is 6.52. The molecule has 0 unspecified atom stereocenters. The minimum absolute atomic E-state index is 0.121. The molecule has 1 aromatic heterocycles. The van der Waals surface area contributed by atoms with E-state index in [0.717, 1.165) is 36.9 Å². The lowest BCUT2D eigenvalue weighted by atomic mass is 9.96. The lowest BCUT2D eigenvalue weighted by Gasteiger charge is -2.22. The first-order valence-corrected chi connectivity index (χ1v) is 11.2. The van der Waals surface area contributed by atoms with E-state index in [4.69, 9.17) is 0 Å². The standard InChI is InChI=1S/C19H25N5O2S2/c1-12-8-9-15(13(2)10-12)21-18-23-24-19(28-18)27-11-16(25)22-17(26)20-14-6-4-3-5-7-14/h8-10,14H,3-7,11H2,1-2H3,(H,21,23)(H2,20,22,25,26). The molecule has 1 fully saturated rings. The molecule has 3 N–H and O–H groups in total. The summed E-state index contributed by atoms with van der Waals surface area (Å²) >= 11 is 2.65. The van der Waals surface area contributed by atoms with Gasteiger partial charge in [-0.25, -0.2) is 4.79 Å². The normalized spacial score (nSPS) is 14.5. The highest BCUT2D eigenvalue weighted by Gasteiger charge is 2.17. The first kappa shape index (κ1) is 20.6. The van der Waals surface area contributed by atoms with E-state index < -0.39 is 6.03 Å². The van der Waals surface area contributed by atoms with Crippen LogP contribution in [0, 0.1) is 13.8 Å². The Hall–Kier alpha value is -2.13. The second-order valence-corrected chi connectivity index (χ2v) is 9.16. The van der Waals surface area contributed by atoms with Gasteiger partial charge in [-0.15, -0.1) is 10.2 Å². The van der Waals surface area contributed by atoms with Gasteiger partial charge >= 0.3 is 6.03 Å². The van der Waals surface area contributed by atoms with E-state index in [0.29, 0.717) is 9.47 Å². The van der Waals surface area contributed by atoms with E-state index in [1.54, 1.807) is 0 Å². The molecule has 1 aliphatic carbocycles. The van der Waals surface area contributed by atoms with Crippen LogP contribution in [0.25, 0.3) is 0 Å². The number of nitrogens with one attached hydrogen (secondary N) is 3. The number of urea groups is 1. The zero-order valence-electron chi connectivity index (χ0n) is 16.1. The van der Waals surface area contributed by atoms with Crippen molar-refractivity contribution in [2.45, 2.75) is 56.3 Å². The van der Waals surface area contributed by atoms with Crippen LogP contribution in [0.2, 0.25) is 0 Å². The Kier molecular flexibility index (Phi) is 7.27. The summed E-state index contributed by atoms with van der Waals surface area (Å²) < 4.78 is 0.676. The van der Waals surface area contributed by atoms with Gasteiger partial charge in [0.2, 0.25) is 11.0 Å². The molecule has 3 rings (SSSR count). The third kappa shape index (κ3) is 6.20. The fourth-order valence-electron chi connectivity index (χ4n) is 3.15. The van der Waals surface area contributed by atoms with Gasteiger partial charge in [-0.2, -0.15) is 0 Å². The molecule has 1 saturated carbocycles. The molecule has 28 heavy (non-hydrogen) atoms. The summed E-state index contributed by atoms with van der Waals surface area (Å²) in [6.07, 6.45) is 5.45. The summed E-state index contributed by atoms with van der Waals surface area (Å²) in [5, 5.41) is 17.4. The molecule has 1 aromatic carbocycles. The lowest BCUT2D eigenvalue weighted by molar-refractivity contribution is -0.117. The number of hydrogen-bond donors (Lipinski definition) is 3. The fraction of sp³-hybridized carbons (Fsp3) is 0.474. The van der Waals surface area contributed by atoms with Gasteiger partial charge in [0.15, 0.2) is 4.34 Å². The van der Waals surface area contributed by atoms with E-state index in [2.05, 4.69) is 39.1 Å². The fourth-order valence-corrected chi connectivity index (χ4v) is 4.71. The number of amides is 3. The molecule has 1 aliphatic rings. The number of aryl methyl sites for hydroxylation is 2. The van der Waals surface area contributed by atoms with Gasteiger partial charge in [-0.3, -0.25) is 10.1 Å². The second kappa shape index (κ2) is 9.88. The number of nitrogens with zero attached hydrogens (tertiary/aromatic N) is 2. The van der Waals surface area contributed by atoms with Crippen molar-refractivity contribution in [2.24, 2.45) is 0 Å². The molecule has 0 radical (unpaired) electrons. The molecule has 0 saturated heterocycles. The van der Waals surface area contributed by atoms with Gasteiger partial charge < -0.3 is 10.6 Å². The molecule has 3 amide bonds. The zero-order chi connectivity index (χ0) is 19.9. The molecule has 0 bridgehead atoms. The average molecular weight is 420 g/mol. The third-order valence-electron chi connectivity index (χ3n) is 4.55. The second-order valence-electron chi connectivity index (χ2n) is 6.96. The molecule has 150 valence electrons. The zero-order valence-corrected chi connectivity index (χ0v) is 17.7. The van der Waals surface area contributed by atoms with E-state index >= 15 is 0 Å². The van der Waals surface area contributed by atoms with Crippen molar-refractivity contribution >= 4 is 45.9 Å². The summed E-state index contributed by atoms with van der Waals surface area (Å²) in [4.78, 5) is 23.9. The topological polar surface area (TPSA) is 96.0 Å². The minimum atomic E-state index is -0.410. The van der Waals surface area contributed by atoms with Crippen molar-refractivity contribution in [2.75, 3.05) is 11.1 Å².